The molecule has 3 saturated heterocycles. The summed E-state index contributed by atoms with van der Waals surface area (Å²) in [6, 6.07) is -1.16. The Bertz CT molecular complexity index is 2170. The summed E-state index contributed by atoms with van der Waals surface area (Å²) in [7, 11) is 2.36. The lowest BCUT2D eigenvalue weighted by Gasteiger charge is -2.42. The fourth-order valence-corrected chi connectivity index (χ4v) is 13.2. The number of carbonyl (C=O) groups is 6. The highest BCUT2D eigenvalue weighted by Gasteiger charge is 2.53. The number of esters is 2. The molecule has 0 radical (unpaired) electrons. The van der Waals surface area contributed by atoms with Gasteiger partial charge in [-0.25, -0.2) is 4.79 Å². The highest BCUT2D eigenvalue weighted by Crippen LogP contribution is 2.38. The molecular formula is C60H96N2O15Si. The smallest absolute Gasteiger partial charge is 0.329 e. The van der Waals surface area contributed by atoms with E-state index in [0.29, 0.717) is 89.3 Å². The molecule has 5 rings (SSSR count). The van der Waals surface area contributed by atoms with Crippen LogP contribution in [-0.2, 0) is 61.6 Å². The Balaban J connectivity index is 1.48. The second-order valence-electron chi connectivity index (χ2n) is 24.4. The maximum absolute atomic E-state index is 14.7. The topological polar surface area (TPSA) is 214 Å². The summed E-state index contributed by atoms with van der Waals surface area (Å²) in [4.78, 5) is 88.7. The number of amides is 1. The van der Waals surface area contributed by atoms with Gasteiger partial charge in [0, 0.05) is 71.6 Å². The molecule has 0 aromatic heterocycles. The van der Waals surface area contributed by atoms with Gasteiger partial charge in [0.05, 0.1) is 37.1 Å². The number of hydrogen-bond acceptors (Lipinski definition) is 16. The highest BCUT2D eigenvalue weighted by atomic mass is 28.4. The fraction of sp³-hybridized carbons (Fsp3) is 0.767. The second-order valence-corrected chi connectivity index (χ2v) is 28.9. The molecule has 78 heavy (non-hydrogen) atoms. The van der Waals surface area contributed by atoms with Crippen LogP contribution in [0.4, 0.5) is 0 Å². The first-order valence-electron chi connectivity index (χ1n) is 28.9. The van der Waals surface area contributed by atoms with Crippen LogP contribution < -0.4 is 0 Å². The Morgan fingerprint density at radius 3 is 2.22 bits per heavy atom. The maximum Gasteiger partial charge on any atom is 0.329 e. The molecule has 1 saturated carbocycles. The van der Waals surface area contributed by atoms with Crippen molar-refractivity contribution < 1.29 is 71.8 Å². The lowest BCUT2D eigenvalue weighted by atomic mass is 9.78. The zero-order valence-corrected chi connectivity index (χ0v) is 50.2. The van der Waals surface area contributed by atoms with E-state index in [1.165, 1.54) is 12.0 Å². The Hall–Kier alpha value is -3.72. The molecule has 4 heterocycles. The van der Waals surface area contributed by atoms with Crippen LogP contribution in [0, 0.1) is 35.5 Å². The minimum Gasteiger partial charge on any atom is -0.460 e. The van der Waals surface area contributed by atoms with Crippen molar-refractivity contribution in [2.75, 3.05) is 47.5 Å². The normalized spacial score (nSPS) is 38.0. The van der Waals surface area contributed by atoms with E-state index in [0.717, 1.165) is 5.57 Å². The van der Waals surface area contributed by atoms with Crippen molar-refractivity contribution in [3.63, 3.8) is 0 Å². The number of fused-ring (bicyclic) bond motifs is 3. The molecule has 440 valence electrons. The number of rotatable bonds is 11. The molecule has 2 bridgehead atoms. The van der Waals surface area contributed by atoms with Crippen LogP contribution in [0.25, 0.3) is 0 Å². The summed E-state index contributed by atoms with van der Waals surface area (Å²) in [5, 5.41) is 22.0. The average molecular weight is 1110 g/mol. The monoisotopic (exact) mass is 1110 g/mol. The molecule has 0 aromatic rings. The van der Waals surface area contributed by atoms with Crippen molar-refractivity contribution in [1.82, 2.24) is 9.80 Å². The number of ketones is 3. The minimum atomic E-state index is -2.45. The van der Waals surface area contributed by atoms with Crippen LogP contribution in [0.3, 0.4) is 0 Å². The summed E-state index contributed by atoms with van der Waals surface area (Å²) >= 11 is 0. The number of nitrogens with zero attached hydrogens (tertiary/aromatic N) is 2. The van der Waals surface area contributed by atoms with Crippen molar-refractivity contribution in [1.29, 1.82) is 0 Å². The van der Waals surface area contributed by atoms with Crippen molar-refractivity contribution in [3.05, 3.63) is 47.6 Å². The Labute approximate surface area is 466 Å². The third kappa shape index (κ3) is 18.1. The van der Waals surface area contributed by atoms with E-state index in [2.05, 4.69) is 6.92 Å². The summed E-state index contributed by atoms with van der Waals surface area (Å²) < 4.78 is 43.1. The number of hydrogen-bond donors (Lipinski definition) is 2. The molecule has 5 aliphatic rings. The van der Waals surface area contributed by atoms with E-state index in [1.807, 2.05) is 88.7 Å². The van der Waals surface area contributed by atoms with Gasteiger partial charge in [0.2, 0.25) is 5.79 Å². The van der Waals surface area contributed by atoms with Gasteiger partial charge in [-0.15, -0.1) is 0 Å². The lowest BCUT2D eigenvalue weighted by molar-refractivity contribution is -0.265. The number of cyclic esters (lactones) is 1. The van der Waals surface area contributed by atoms with E-state index < -0.39 is 98.5 Å². The number of carbonyl (C=O) groups excluding carboxylic acids is 6. The molecule has 0 spiro atoms. The number of aliphatic hydroxyl groups excluding tert-OH is 1. The number of piperidine rings is 1. The number of allylic oxidation sites excluding steroid dienone is 6. The predicted octanol–water partition coefficient (Wildman–Crippen LogP) is 7.66. The van der Waals surface area contributed by atoms with Gasteiger partial charge in [0.25, 0.3) is 11.7 Å². The molecule has 18 heteroatoms. The standard InChI is InChI=1S/C60H96N2O15Si/c1-37-19-15-14-16-20-38(2)50(71-8)33-46-24-22-43(7)60(70,76-46)57(67)58(68)62-27-18-17-21-47(62)59(69)75-51(34-48(64)39(3)30-42(6)55(77-78(11,12)13)56(73-10)54(66)41(5)29-37)40(4)31-44-23-25-49(52(32-44)72-9)74-53(65)36-61-28-26-45(63)35-61/h14-16,19-20,30,37,39-41,43-47,49-52,55-56,63,70H,17-18,21-29,31-36H2,1-13H3/b16-14+,19-15+,38-20+,42-30+/t37-,39-,40-,41-,43-,44+,45-,46+,47+,49-,50+,51+,52-,55-,56+,60-/m1/s1. The average Bonchev–Trinajstić information content (AvgIpc) is 3.85. The van der Waals surface area contributed by atoms with Crippen molar-refractivity contribution in [3.8, 4) is 0 Å². The van der Waals surface area contributed by atoms with Gasteiger partial charge >= 0.3 is 11.9 Å². The summed E-state index contributed by atoms with van der Waals surface area (Å²) in [5.74, 6) is -8.17. The number of aliphatic hydroxyl groups is 2. The summed E-state index contributed by atoms with van der Waals surface area (Å²) in [5.41, 5.74) is 1.55. The lowest BCUT2D eigenvalue weighted by Crippen LogP contribution is -2.61. The quantitative estimate of drug-likeness (QED) is 0.0880. The first-order chi connectivity index (χ1) is 36.8. The Morgan fingerprint density at radius 2 is 1.56 bits per heavy atom. The molecule has 1 amide bonds. The molecule has 0 aromatic carbocycles. The van der Waals surface area contributed by atoms with Gasteiger partial charge in [-0.1, -0.05) is 71.1 Å². The SMILES string of the molecule is CO[C@H]1C[C@@H]2CC[C@@H](C)[C@@](O)(O2)C(=O)C(=O)N2CCCC[C@H]2C(=O)O[C@H]([C@H](C)C[C@@H]2CC[C@@H](OC(=O)CN3CC[C@@H](O)C3)[C@H](OC)C2)CC(=O)[C@H](C)/C=C(\C)[C@@H](O[Si](C)(C)C)[C@@H](OC)C(=O)[C@H](C)C[C@H](C)/C=C/C=C/C=C/1C. The van der Waals surface area contributed by atoms with Crippen LogP contribution in [-0.4, -0.2) is 172 Å². The fourth-order valence-electron chi connectivity index (χ4n) is 12.1. The van der Waals surface area contributed by atoms with Crippen LogP contribution in [0.1, 0.15) is 132 Å². The molecule has 1 aliphatic carbocycles. The van der Waals surface area contributed by atoms with Gasteiger partial charge in [-0.2, -0.15) is 0 Å². The molecule has 2 N–H and O–H groups in total. The highest BCUT2D eigenvalue weighted by molar-refractivity contribution is 6.69. The summed E-state index contributed by atoms with van der Waals surface area (Å²) in [6.45, 7) is 20.5. The van der Waals surface area contributed by atoms with E-state index >= 15 is 0 Å². The molecule has 17 nitrogen and oxygen atoms in total. The number of methoxy groups -OCH3 is 3. The van der Waals surface area contributed by atoms with Gasteiger partial charge in [0.15, 0.2) is 14.1 Å². The van der Waals surface area contributed by atoms with Crippen LogP contribution in [0.15, 0.2) is 47.6 Å². The van der Waals surface area contributed by atoms with E-state index in [1.54, 1.807) is 28.1 Å². The third-order valence-corrected chi connectivity index (χ3v) is 17.7. The van der Waals surface area contributed by atoms with Crippen molar-refractivity contribution in [2.45, 2.75) is 212 Å². The van der Waals surface area contributed by atoms with Gasteiger partial charge in [-0.3, -0.25) is 28.9 Å². The molecule has 4 fully saturated rings. The predicted molar refractivity (Wildman–Crippen MR) is 298 cm³/mol. The first kappa shape index (κ1) is 65.1. The van der Waals surface area contributed by atoms with E-state index in [9.17, 15) is 39.0 Å². The second kappa shape index (κ2) is 29.8. The molecular weight excluding hydrogens is 1020 g/mol. The van der Waals surface area contributed by atoms with E-state index in [4.69, 9.17) is 32.8 Å². The van der Waals surface area contributed by atoms with Gasteiger partial charge in [0.1, 0.15) is 30.1 Å². The van der Waals surface area contributed by atoms with Crippen LogP contribution in [0.5, 0.6) is 0 Å². The number of β-amino-alcohol motifs (C(OH)–C–C–N with tert-alkyl or cyclic N) is 1. The Kier molecular flexibility index (Phi) is 24.9. The zero-order chi connectivity index (χ0) is 57.6. The van der Waals surface area contributed by atoms with Crippen molar-refractivity contribution >= 4 is 43.5 Å². The number of Topliss-reactive ketones (excluding diaryl/α,β-unsaturated/α-hetero) is 3. The minimum absolute atomic E-state index is 0.0387. The maximum atomic E-state index is 14.7. The van der Waals surface area contributed by atoms with Crippen LogP contribution in [0.2, 0.25) is 19.6 Å². The largest absolute Gasteiger partial charge is 0.460 e. The first-order valence-corrected chi connectivity index (χ1v) is 32.3. The summed E-state index contributed by atoms with van der Waals surface area (Å²) in [6.07, 6.45) is 12.3. The number of ether oxygens (including phenoxy) is 6. The molecule has 0 unspecified atom stereocenters. The van der Waals surface area contributed by atoms with E-state index in [-0.39, 0.29) is 67.1 Å². The Morgan fingerprint density at radius 1 is 0.833 bits per heavy atom. The van der Waals surface area contributed by atoms with Gasteiger partial charge in [-0.05, 0) is 133 Å². The number of likely N-dealkylation sites (tertiary alicyclic amines) is 1. The van der Waals surface area contributed by atoms with Crippen LogP contribution >= 0.6 is 0 Å². The zero-order valence-electron chi connectivity index (χ0n) is 49.2. The van der Waals surface area contributed by atoms with Gasteiger partial charge < -0.3 is 48.0 Å². The molecule has 4 aliphatic heterocycles. The third-order valence-electron chi connectivity index (χ3n) is 16.8. The van der Waals surface area contributed by atoms with Crippen molar-refractivity contribution in [2.24, 2.45) is 35.5 Å². The molecule has 16 atom stereocenters.